The molecule has 0 aliphatic heterocycles. The molecule has 5 heteroatoms. The molecular weight excluding hydrogens is 224 g/mol. The number of hydrogen-bond acceptors (Lipinski definition) is 2. The van der Waals surface area contributed by atoms with Gasteiger partial charge in [-0.15, -0.1) is 0 Å². The third-order valence-electron chi connectivity index (χ3n) is 2.61. The van der Waals surface area contributed by atoms with Crippen LogP contribution in [0.15, 0.2) is 36.8 Å². The van der Waals surface area contributed by atoms with Crippen molar-refractivity contribution in [2.75, 3.05) is 0 Å². The van der Waals surface area contributed by atoms with E-state index in [2.05, 4.69) is 10.1 Å². The summed E-state index contributed by atoms with van der Waals surface area (Å²) in [6.45, 7) is 1.97. The van der Waals surface area contributed by atoms with E-state index in [-0.39, 0.29) is 12.5 Å². The third kappa shape index (κ3) is 2.87. The highest BCUT2D eigenvalue weighted by Crippen LogP contribution is 2.16. The highest BCUT2D eigenvalue weighted by atomic mass is 19.3. The van der Waals surface area contributed by atoms with Gasteiger partial charge in [-0.2, -0.15) is 5.10 Å². The second kappa shape index (κ2) is 5.03. The van der Waals surface area contributed by atoms with Crippen LogP contribution in [0.4, 0.5) is 8.78 Å². The molecule has 90 valence electrons. The van der Waals surface area contributed by atoms with Crippen LogP contribution in [0.5, 0.6) is 0 Å². The first-order valence-electron chi connectivity index (χ1n) is 5.39. The van der Waals surface area contributed by atoms with Crippen LogP contribution in [-0.4, -0.2) is 21.2 Å². The Morgan fingerprint density at radius 3 is 2.59 bits per heavy atom. The number of rotatable bonds is 4. The van der Waals surface area contributed by atoms with Crippen molar-refractivity contribution in [1.82, 2.24) is 14.8 Å². The molecule has 17 heavy (non-hydrogen) atoms. The van der Waals surface area contributed by atoms with Crippen LogP contribution in [-0.2, 0) is 6.42 Å². The highest BCUT2D eigenvalue weighted by molar-refractivity contribution is 5.15. The molecule has 0 fully saturated rings. The van der Waals surface area contributed by atoms with E-state index in [1.165, 1.54) is 0 Å². The summed E-state index contributed by atoms with van der Waals surface area (Å²) in [6.07, 6.45) is 2.48. The van der Waals surface area contributed by atoms with E-state index in [1.807, 2.05) is 19.1 Å². The first-order valence-corrected chi connectivity index (χ1v) is 5.39. The molecule has 0 radical (unpaired) electrons. The van der Waals surface area contributed by atoms with E-state index in [9.17, 15) is 8.78 Å². The van der Waals surface area contributed by atoms with E-state index < -0.39 is 6.43 Å². The van der Waals surface area contributed by atoms with Gasteiger partial charge in [-0.25, -0.2) is 8.78 Å². The van der Waals surface area contributed by atoms with Gasteiger partial charge in [0.15, 0.2) is 0 Å². The Morgan fingerprint density at radius 1 is 1.24 bits per heavy atom. The molecule has 0 saturated heterocycles. The molecule has 0 aliphatic carbocycles. The van der Waals surface area contributed by atoms with Gasteiger partial charge in [0, 0.05) is 18.6 Å². The topological polar surface area (TPSA) is 30.7 Å². The van der Waals surface area contributed by atoms with E-state index in [0.717, 1.165) is 5.56 Å². The molecule has 0 saturated carbocycles. The van der Waals surface area contributed by atoms with Crippen LogP contribution in [0.2, 0.25) is 0 Å². The predicted molar refractivity (Wildman–Crippen MR) is 60.0 cm³/mol. The molecular formula is C12H13F2N3. The van der Waals surface area contributed by atoms with Gasteiger partial charge in [-0.3, -0.25) is 9.67 Å². The lowest BCUT2D eigenvalue weighted by Crippen LogP contribution is -2.08. The second-order valence-corrected chi connectivity index (χ2v) is 3.84. The monoisotopic (exact) mass is 237 g/mol. The molecule has 0 N–H and O–H groups in total. The molecule has 0 aliphatic rings. The standard InChI is InChI=1S/C12H13F2N3/c1-9(10-2-5-15-6-3-10)17-7-4-11(16-17)8-12(13)14/h2-7,9,12H,8H2,1H3. The third-order valence-corrected chi connectivity index (χ3v) is 2.61. The van der Waals surface area contributed by atoms with Gasteiger partial charge in [-0.1, -0.05) is 0 Å². The molecule has 1 unspecified atom stereocenters. The minimum Gasteiger partial charge on any atom is -0.265 e. The Balaban J connectivity index is 2.15. The van der Waals surface area contributed by atoms with Gasteiger partial charge in [0.1, 0.15) is 0 Å². The lowest BCUT2D eigenvalue weighted by Gasteiger charge is -2.11. The quantitative estimate of drug-likeness (QED) is 0.818. The zero-order valence-electron chi connectivity index (χ0n) is 9.42. The van der Waals surface area contributed by atoms with Gasteiger partial charge in [0.2, 0.25) is 6.43 Å². The van der Waals surface area contributed by atoms with Crippen LogP contribution >= 0.6 is 0 Å². The normalized spacial score (nSPS) is 12.9. The summed E-state index contributed by atoms with van der Waals surface area (Å²) in [7, 11) is 0. The molecule has 2 aromatic rings. The Kier molecular flexibility index (Phi) is 3.46. The average Bonchev–Trinajstić information content (AvgIpc) is 2.77. The SMILES string of the molecule is CC(c1ccncc1)n1ccc(CC(F)F)n1. The minimum absolute atomic E-state index is 0.0180. The summed E-state index contributed by atoms with van der Waals surface area (Å²) in [5, 5.41) is 4.14. The van der Waals surface area contributed by atoms with Crippen molar-refractivity contribution >= 4 is 0 Å². The fourth-order valence-electron chi connectivity index (χ4n) is 1.65. The first kappa shape index (κ1) is 11.7. The smallest absolute Gasteiger partial charge is 0.244 e. The van der Waals surface area contributed by atoms with Crippen molar-refractivity contribution in [3.63, 3.8) is 0 Å². The van der Waals surface area contributed by atoms with Crippen molar-refractivity contribution in [2.45, 2.75) is 25.8 Å². The van der Waals surface area contributed by atoms with Gasteiger partial charge in [0.25, 0.3) is 0 Å². The summed E-state index contributed by atoms with van der Waals surface area (Å²) >= 11 is 0. The Morgan fingerprint density at radius 2 is 1.94 bits per heavy atom. The zero-order chi connectivity index (χ0) is 12.3. The summed E-state index contributed by atoms with van der Waals surface area (Å²) in [6, 6.07) is 5.42. The largest absolute Gasteiger partial charge is 0.265 e. The maximum absolute atomic E-state index is 12.2. The molecule has 3 nitrogen and oxygen atoms in total. The molecule has 1 atom stereocenters. The van der Waals surface area contributed by atoms with Crippen molar-refractivity contribution in [2.24, 2.45) is 0 Å². The molecule has 0 bridgehead atoms. The lowest BCUT2D eigenvalue weighted by atomic mass is 10.1. The number of nitrogens with zero attached hydrogens (tertiary/aromatic N) is 3. The van der Waals surface area contributed by atoms with Crippen LogP contribution < -0.4 is 0 Å². The van der Waals surface area contributed by atoms with Crippen LogP contribution in [0.3, 0.4) is 0 Å². The number of hydrogen-bond donors (Lipinski definition) is 0. The second-order valence-electron chi connectivity index (χ2n) is 3.84. The molecule has 0 aromatic carbocycles. The van der Waals surface area contributed by atoms with Gasteiger partial charge >= 0.3 is 0 Å². The van der Waals surface area contributed by atoms with Crippen molar-refractivity contribution in [3.05, 3.63) is 48.0 Å². The fourth-order valence-corrected chi connectivity index (χ4v) is 1.65. The predicted octanol–water partition coefficient (Wildman–Crippen LogP) is 2.70. The van der Waals surface area contributed by atoms with Crippen LogP contribution in [0.1, 0.15) is 24.2 Å². The van der Waals surface area contributed by atoms with E-state index in [4.69, 9.17) is 0 Å². The van der Waals surface area contributed by atoms with Crippen molar-refractivity contribution in [1.29, 1.82) is 0 Å². The molecule has 2 heterocycles. The highest BCUT2D eigenvalue weighted by Gasteiger charge is 2.11. The summed E-state index contributed by atoms with van der Waals surface area (Å²) < 4.78 is 26.1. The fraction of sp³-hybridized carbons (Fsp3) is 0.333. The van der Waals surface area contributed by atoms with E-state index in [0.29, 0.717) is 5.69 Å². The minimum atomic E-state index is -2.35. The van der Waals surface area contributed by atoms with Crippen LogP contribution in [0, 0.1) is 0 Å². The summed E-state index contributed by atoms with van der Waals surface area (Å²) in [5.41, 5.74) is 1.47. The average molecular weight is 237 g/mol. The maximum atomic E-state index is 12.2. The molecule has 0 amide bonds. The number of aromatic nitrogens is 3. The summed E-state index contributed by atoms with van der Waals surface area (Å²) in [5.74, 6) is 0. The summed E-state index contributed by atoms with van der Waals surface area (Å²) in [4.78, 5) is 3.94. The van der Waals surface area contributed by atoms with Gasteiger partial charge in [0.05, 0.1) is 18.2 Å². The number of halogens is 2. The van der Waals surface area contributed by atoms with Gasteiger partial charge in [-0.05, 0) is 30.7 Å². The molecule has 2 aromatic heterocycles. The van der Waals surface area contributed by atoms with Crippen molar-refractivity contribution < 1.29 is 8.78 Å². The van der Waals surface area contributed by atoms with E-state index in [1.54, 1.807) is 29.3 Å². The Labute approximate surface area is 98.1 Å². The first-order chi connectivity index (χ1) is 8.16. The Bertz CT molecular complexity index is 468. The van der Waals surface area contributed by atoms with E-state index >= 15 is 0 Å². The molecule has 0 spiro atoms. The lowest BCUT2D eigenvalue weighted by molar-refractivity contribution is 0.147. The number of alkyl halides is 2. The number of pyridine rings is 1. The molecule has 2 rings (SSSR count). The Hall–Kier alpha value is -1.78. The maximum Gasteiger partial charge on any atom is 0.244 e. The zero-order valence-corrected chi connectivity index (χ0v) is 9.42. The van der Waals surface area contributed by atoms with Crippen molar-refractivity contribution in [3.8, 4) is 0 Å². The van der Waals surface area contributed by atoms with Gasteiger partial charge < -0.3 is 0 Å². The van der Waals surface area contributed by atoms with Crippen LogP contribution in [0.25, 0.3) is 0 Å².